The topological polar surface area (TPSA) is 51.0 Å². The second-order valence-electron chi connectivity index (χ2n) is 7.09. The summed E-state index contributed by atoms with van der Waals surface area (Å²) in [7, 11) is 0. The van der Waals surface area contributed by atoms with Crippen LogP contribution in [-0.4, -0.2) is 32.1 Å². The van der Waals surface area contributed by atoms with Gasteiger partial charge in [-0.2, -0.15) is 5.10 Å². The third-order valence-corrected chi connectivity index (χ3v) is 6.35. The molecule has 0 bridgehead atoms. The van der Waals surface area contributed by atoms with Crippen LogP contribution in [-0.2, 0) is 0 Å². The number of hydrogen-bond acceptors (Lipinski definition) is 4. The van der Waals surface area contributed by atoms with Gasteiger partial charge in [0.25, 0.3) is 5.91 Å². The summed E-state index contributed by atoms with van der Waals surface area (Å²) in [5.74, 6) is -0.0143. The van der Waals surface area contributed by atoms with Crippen LogP contribution in [0.2, 0.25) is 0 Å². The molecule has 4 aromatic rings. The van der Waals surface area contributed by atoms with Gasteiger partial charge in [0, 0.05) is 12.2 Å². The fourth-order valence-corrected chi connectivity index (χ4v) is 4.97. The van der Waals surface area contributed by atoms with Gasteiger partial charge in [-0.05, 0) is 50.1 Å². The highest BCUT2D eigenvalue weighted by atomic mass is 32.1. The van der Waals surface area contributed by atoms with Gasteiger partial charge in [-0.15, -0.1) is 11.3 Å². The zero-order valence-electron chi connectivity index (χ0n) is 15.6. The number of benzene rings is 2. The number of carbonyl (C=O) groups is 1. The van der Waals surface area contributed by atoms with Crippen LogP contribution in [0.1, 0.15) is 40.1 Å². The summed E-state index contributed by atoms with van der Waals surface area (Å²) in [5.41, 5.74) is 3.41. The fraction of sp³-hybridized carbons (Fsp3) is 0.227. The van der Waals surface area contributed by atoms with E-state index in [-0.39, 0.29) is 11.9 Å². The summed E-state index contributed by atoms with van der Waals surface area (Å²) < 4.78 is 3.00. The number of hydrogen-bond donors (Lipinski definition) is 0. The van der Waals surface area contributed by atoms with E-state index < -0.39 is 0 Å². The van der Waals surface area contributed by atoms with E-state index in [1.54, 1.807) is 11.3 Å². The van der Waals surface area contributed by atoms with Gasteiger partial charge in [0.05, 0.1) is 21.9 Å². The van der Waals surface area contributed by atoms with Crippen LogP contribution in [0.25, 0.3) is 15.9 Å². The fourth-order valence-electron chi connectivity index (χ4n) is 3.86. The SMILES string of the molecule is Cc1cc(C(=O)N2CCCC2c2nc3ccccc3s2)nn1-c1ccccc1. The molecule has 3 heterocycles. The van der Waals surface area contributed by atoms with Gasteiger partial charge in [-0.3, -0.25) is 4.79 Å². The first kappa shape index (κ1) is 17.1. The zero-order chi connectivity index (χ0) is 19.1. The van der Waals surface area contributed by atoms with Crippen molar-refractivity contribution in [1.82, 2.24) is 19.7 Å². The van der Waals surface area contributed by atoms with Crippen LogP contribution in [0, 0.1) is 6.92 Å². The van der Waals surface area contributed by atoms with Crippen molar-refractivity contribution in [2.75, 3.05) is 6.54 Å². The van der Waals surface area contributed by atoms with Crippen molar-refractivity contribution in [3.8, 4) is 5.69 Å². The number of aryl methyl sites for hydroxylation is 1. The molecule has 1 fully saturated rings. The molecule has 5 nitrogen and oxygen atoms in total. The zero-order valence-corrected chi connectivity index (χ0v) is 16.4. The van der Waals surface area contributed by atoms with Gasteiger partial charge in [0.15, 0.2) is 5.69 Å². The van der Waals surface area contributed by atoms with Crippen LogP contribution < -0.4 is 0 Å². The first-order chi connectivity index (χ1) is 13.7. The van der Waals surface area contributed by atoms with Gasteiger partial charge in [0.1, 0.15) is 5.01 Å². The number of amides is 1. The van der Waals surface area contributed by atoms with Crippen LogP contribution in [0.5, 0.6) is 0 Å². The number of nitrogens with zero attached hydrogens (tertiary/aromatic N) is 4. The normalized spacial score (nSPS) is 16.8. The molecule has 1 amide bonds. The summed E-state index contributed by atoms with van der Waals surface area (Å²) >= 11 is 1.69. The second-order valence-corrected chi connectivity index (χ2v) is 8.16. The Labute approximate surface area is 167 Å². The van der Waals surface area contributed by atoms with Gasteiger partial charge in [0.2, 0.25) is 0 Å². The maximum Gasteiger partial charge on any atom is 0.274 e. The summed E-state index contributed by atoms with van der Waals surface area (Å²) in [6.07, 6.45) is 1.94. The Kier molecular flexibility index (Phi) is 4.20. The minimum Gasteiger partial charge on any atom is -0.328 e. The smallest absolute Gasteiger partial charge is 0.274 e. The Morgan fingerprint density at radius 1 is 1.11 bits per heavy atom. The minimum absolute atomic E-state index is 0.0143. The molecule has 5 rings (SSSR count). The number of likely N-dealkylation sites (tertiary alicyclic amines) is 1. The van der Waals surface area contributed by atoms with Crippen LogP contribution in [0.4, 0.5) is 0 Å². The molecule has 0 N–H and O–H groups in total. The maximum atomic E-state index is 13.3. The molecule has 1 aliphatic heterocycles. The van der Waals surface area contributed by atoms with E-state index >= 15 is 0 Å². The van der Waals surface area contributed by atoms with Crippen LogP contribution in [0.3, 0.4) is 0 Å². The van der Waals surface area contributed by atoms with E-state index in [9.17, 15) is 4.79 Å². The van der Waals surface area contributed by atoms with Gasteiger partial charge in [-0.25, -0.2) is 9.67 Å². The van der Waals surface area contributed by atoms with Crippen LogP contribution in [0.15, 0.2) is 60.7 Å². The van der Waals surface area contributed by atoms with E-state index in [0.717, 1.165) is 41.3 Å². The van der Waals surface area contributed by atoms with Crippen molar-refractivity contribution in [2.24, 2.45) is 0 Å². The number of fused-ring (bicyclic) bond motifs is 1. The van der Waals surface area contributed by atoms with Gasteiger partial charge in [-0.1, -0.05) is 30.3 Å². The predicted octanol–water partition coefficient (Wildman–Crippen LogP) is 4.77. The number of carbonyl (C=O) groups excluding carboxylic acids is 1. The lowest BCUT2D eigenvalue weighted by Gasteiger charge is -2.22. The van der Waals surface area contributed by atoms with Gasteiger partial charge >= 0.3 is 0 Å². The van der Waals surface area contributed by atoms with E-state index in [1.807, 2.05) is 71.1 Å². The number of aromatic nitrogens is 3. The highest BCUT2D eigenvalue weighted by Gasteiger charge is 2.34. The summed E-state index contributed by atoms with van der Waals surface area (Å²) in [6, 6.07) is 20.0. The molecule has 1 atom stereocenters. The molecule has 6 heteroatoms. The van der Waals surface area contributed by atoms with E-state index in [2.05, 4.69) is 11.2 Å². The Morgan fingerprint density at radius 2 is 1.89 bits per heavy atom. The van der Waals surface area contributed by atoms with Crippen molar-refractivity contribution in [3.63, 3.8) is 0 Å². The average molecular weight is 388 g/mol. The summed E-state index contributed by atoms with van der Waals surface area (Å²) in [5, 5.41) is 5.62. The van der Waals surface area contributed by atoms with Crippen molar-refractivity contribution in [2.45, 2.75) is 25.8 Å². The molecule has 1 unspecified atom stereocenters. The largest absolute Gasteiger partial charge is 0.328 e. The van der Waals surface area contributed by atoms with E-state index in [0.29, 0.717) is 5.69 Å². The van der Waals surface area contributed by atoms with Crippen molar-refractivity contribution < 1.29 is 4.79 Å². The Balaban J connectivity index is 1.46. The Hall–Kier alpha value is -2.99. The lowest BCUT2D eigenvalue weighted by atomic mass is 10.2. The minimum atomic E-state index is -0.0143. The predicted molar refractivity (Wildman–Crippen MR) is 111 cm³/mol. The van der Waals surface area contributed by atoms with Crippen molar-refractivity contribution in [3.05, 3.63) is 77.1 Å². The van der Waals surface area contributed by atoms with E-state index in [4.69, 9.17) is 4.98 Å². The number of rotatable bonds is 3. The number of thiazole rings is 1. The molecule has 0 saturated carbocycles. The summed E-state index contributed by atoms with van der Waals surface area (Å²) in [6.45, 7) is 2.72. The average Bonchev–Trinajstić information content (AvgIpc) is 3.45. The molecule has 1 saturated heterocycles. The standard InChI is InChI=1S/C22H20N4OS/c1-15-14-18(24-26(15)16-8-3-2-4-9-16)22(27)25-13-7-11-19(25)21-23-17-10-5-6-12-20(17)28-21/h2-6,8-10,12,14,19H,7,11,13H2,1H3. The molecule has 0 aliphatic carbocycles. The number of para-hydroxylation sites is 2. The molecule has 1 aliphatic rings. The van der Waals surface area contributed by atoms with E-state index in [1.165, 1.54) is 4.70 Å². The molecule has 28 heavy (non-hydrogen) atoms. The monoisotopic (exact) mass is 388 g/mol. The molecule has 0 radical (unpaired) electrons. The lowest BCUT2D eigenvalue weighted by Crippen LogP contribution is -2.30. The first-order valence-corrected chi connectivity index (χ1v) is 10.3. The third kappa shape index (κ3) is 2.90. The Bertz CT molecular complexity index is 1110. The molecule has 2 aromatic heterocycles. The molecular weight excluding hydrogens is 368 g/mol. The molecular formula is C22H20N4OS. The third-order valence-electron chi connectivity index (χ3n) is 5.22. The molecule has 2 aromatic carbocycles. The molecule has 0 spiro atoms. The van der Waals surface area contributed by atoms with Crippen LogP contribution >= 0.6 is 11.3 Å². The quantitative estimate of drug-likeness (QED) is 0.508. The van der Waals surface area contributed by atoms with Crippen molar-refractivity contribution >= 4 is 27.5 Å². The van der Waals surface area contributed by atoms with Crippen molar-refractivity contribution in [1.29, 1.82) is 0 Å². The Morgan fingerprint density at radius 3 is 2.71 bits per heavy atom. The second kappa shape index (κ2) is 6.87. The summed E-state index contributed by atoms with van der Waals surface area (Å²) in [4.78, 5) is 20.0. The first-order valence-electron chi connectivity index (χ1n) is 9.49. The lowest BCUT2D eigenvalue weighted by molar-refractivity contribution is 0.0729. The van der Waals surface area contributed by atoms with Gasteiger partial charge < -0.3 is 4.90 Å². The molecule has 140 valence electrons. The highest BCUT2D eigenvalue weighted by Crippen LogP contribution is 2.37. The maximum absolute atomic E-state index is 13.3. The highest BCUT2D eigenvalue weighted by molar-refractivity contribution is 7.18.